The lowest BCUT2D eigenvalue weighted by atomic mass is 10.1. The van der Waals surface area contributed by atoms with Gasteiger partial charge in [0, 0.05) is 18.2 Å². The Bertz CT molecular complexity index is 539. The number of benzene rings is 1. The lowest BCUT2D eigenvalue weighted by Crippen LogP contribution is -2.48. The van der Waals surface area contributed by atoms with E-state index in [0.29, 0.717) is 22.2 Å². The molecular weight excluding hydrogens is 316 g/mol. The Kier molecular flexibility index (Phi) is 7.01. The molecular formula is C17H27ClN2O3. The van der Waals surface area contributed by atoms with Crippen LogP contribution in [0.4, 0.5) is 5.69 Å². The van der Waals surface area contributed by atoms with Crippen molar-refractivity contribution in [1.29, 1.82) is 0 Å². The Balaban J connectivity index is 3.02. The van der Waals surface area contributed by atoms with E-state index in [9.17, 15) is 4.79 Å². The summed E-state index contributed by atoms with van der Waals surface area (Å²) in [6.07, 6.45) is 0. The highest BCUT2D eigenvalue weighted by Gasteiger charge is 2.25. The maximum atomic E-state index is 12.7. The second-order valence-corrected chi connectivity index (χ2v) is 6.39. The molecule has 0 fully saturated rings. The number of anilines is 1. The second kappa shape index (κ2) is 8.29. The lowest BCUT2D eigenvalue weighted by molar-refractivity contribution is -0.135. The van der Waals surface area contributed by atoms with E-state index in [2.05, 4.69) is 5.32 Å². The van der Waals surface area contributed by atoms with Gasteiger partial charge in [0.1, 0.15) is 17.5 Å². The highest BCUT2D eigenvalue weighted by molar-refractivity contribution is 6.32. The highest BCUT2D eigenvalue weighted by Crippen LogP contribution is 2.36. The third-order valence-corrected chi connectivity index (χ3v) is 3.88. The Labute approximate surface area is 143 Å². The van der Waals surface area contributed by atoms with Crippen molar-refractivity contribution in [3.8, 4) is 11.5 Å². The summed E-state index contributed by atoms with van der Waals surface area (Å²) in [6.45, 7) is 9.87. The van der Waals surface area contributed by atoms with Crippen LogP contribution in [0.15, 0.2) is 12.1 Å². The Morgan fingerprint density at radius 2 is 1.57 bits per heavy atom. The van der Waals surface area contributed by atoms with Gasteiger partial charge in [-0.25, -0.2) is 0 Å². The molecule has 0 aliphatic heterocycles. The fourth-order valence-corrected chi connectivity index (χ4v) is 2.84. The zero-order valence-corrected chi connectivity index (χ0v) is 15.7. The zero-order chi connectivity index (χ0) is 17.7. The summed E-state index contributed by atoms with van der Waals surface area (Å²) >= 11 is 6.17. The van der Waals surface area contributed by atoms with Crippen LogP contribution in [0, 0.1) is 0 Å². The fourth-order valence-electron chi connectivity index (χ4n) is 2.60. The smallest absolute Gasteiger partial charge is 0.245 e. The molecule has 0 radical (unpaired) electrons. The predicted molar refractivity (Wildman–Crippen MR) is 94.8 cm³/mol. The van der Waals surface area contributed by atoms with Crippen molar-refractivity contribution in [2.45, 2.75) is 52.7 Å². The minimum absolute atomic E-state index is 0.0315. The Hall–Kier alpha value is -1.62. The summed E-state index contributed by atoms with van der Waals surface area (Å²) in [7, 11) is 3.11. The molecule has 0 saturated carbocycles. The molecule has 0 aromatic heterocycles. The molecule has 0 bridgehead atoms. The number of ether oxygens (including phenoxy) is 2. The van der Waals surface area contributed by atoms with Crippen molar-refractivity contribution in [3.63, 3.8) is 0 Å². The molecule has 0 spiro atoms. The number of carbonyl (C=O) groups is 1. The zero-order valence-electron chi connectivity index (χ0n) is 14.9. The molecule has 130 valence electrons. The molecule has 1 rings (SSSR count). The van der Waals surface area contributed by atoms with E-state index in [1.807, 2.05) is 39.5 Å². The summed E-state index contributed by atoms with van der Waals surface area (Å²) < 4.78 is 10.5. The van der Waals surface area contributed by atoms with Crippen molar-refractivity contribution >= 4 is 23.2 Å². The molecule has 0 aliphatic rings. The highest BCUT2D eigenvalue weighted by atomic mass is 35.5. The maximum absolute atomic E-state index is 12.7. The van der Waals surface area contributed by atoms with Crippen LogP contribution in [0.2, 0.25) is 5.02 Å². The van der Waals surface area contributed by atoms with Crippen LogP contribution in [0.5, 0.6) is 11.5 Å². The van der Waals surface area contributed by atoms with Gasteiger partial charge in [-0.15, -0.1) is 0 Å². The van der Waals surface area contributed by atoms with Gasteiger partial charge >= 0.3 is 0 Å². The number of methoxy groups -OCH3 is 2. The van der Waals surface area contributed by atoms with E-state index < -0.39 is 6.04 Å². The second-order valence-electron chi connectivity index (χ2n) is 5.99. The van der Waals surface area contributed by atoms with Gasteiger partial charge in [0.05, 0.1) is 24.9 Å². The topological polar surface area (TPSA) is 50.8 Å². The van der Waals surface area contributed by atoms with Gasteiger partial charge in [-0.1, -0.05) is 11.6 Å². The van der Waals surface area contributed by atoms with Crippen molar-refractivity contribution in [2.24, 2.45) is 0 Å². The standard InChI is InChI=1S/C17H27ClN2O3/c1-10(2)20(11(3)4)17(21)12(5)19-14-8-13(18)15(22-6)9-16(14)23-7/h8-12,19H,1-7H3. The third kappa shape index (κ3) is 4.67. The number of nitrogens with one attached hydrogen (secondary N) is 1. The van der Waals surface area contributed by atoms with E-state index >= 15 is 0 Å². The van der Waals surface area contributed by atoms with Crippen LogP contribution >= 0.6 is 11.6 Å². The van der Waals surface area contributed by atoms with Crippen LogP contribution in [0.1, 0.15) is 34.6 Å². The first kappa shape index (κ1) is 19.4. The summed E-state index contributed by atoms with van der Waals surface area (Å²) in [5, 5.41) is 3.65. The minimum Gasteiger partial charge on any atom is -0.495 e. The average Bonchev–Trinajstić information content (AvgIpc) is 2.46. The lowest BCUT2D eigenvalue weighted by Gasteiger charge is -2.33. The van der Waals surface area contributed by atoms with Gasteiger partial charge in [-0.3, -0.25) is 4.79 Å². The summed E-state index contributed by atoms with van der Waals surface area (Å²) in [6, 6.07) is 3.27. The number of hydrogen-bond donors (Lipinski definition) is 1. The fraction of sp³-hybridized carbons (Fsp3) is 0.588. The van der Waals surface area contributed by atoms with E-state index in [-0.39, 0.29) is 18.0 Å². The predicted octanol–water partition coefficient (Wildman–Crippen LogP) is 3.80. The molecule has 5 nitrogen and oxygen atoms in total. The molecule has 1 amide bonds. The first-order valence-electron chi connectivity index (χ1n) is 7.73. The summed E-state index contributed by atoms with van der Waals surface area (Å²) in [4.78, 5) is 14.6. The monoisotopic (exact) mass is 342 g/mol. The average molecular weight is 343 g/mol. The molecule has 6 heteroatoms. The molecule has 1 N–H and O–H groups in total. The number of rotatable bonds is 7. The van der Waals surface area contributed by atoms with E-state index in [1.54, 1.807) is 26.4 Å². The van der Waals surface area contributed by atoms with Gasteiger partial charge in [0.15, 0.2) is 0 Å². The molecule has 1 aromatic rings. The van der Waals surface area contributed by atoms with Crippen LogP contribution in [0.25, 0.3) is 0 Å². The largest absolute Gasteiger partial charge is 0.495 e. The molecule has 1 unspecified atom stereocenters. The van der Waals surface area contributed by atoms with Gasteiger partial charge < -0.3 is 19.7 Å². The third-order valence-electron chi connectivity index (χ3n) is 3.58. The summed E-state index contributed by atoms with van der Waals surface area (Å²) in [5.41, 5.74) is 0.659. The van der Waals surface area contributed by atoms with Crippen LogP contribution in [0.3, 0.4) is 0 Å². The number of carbonyl (C=O) groups excluding carboxylic acids is 1. The number of halogens is 1. The Morgan fingerprint density at radius 3 is 2.00 bits per heavy atom. The van der Waals surface area contributed by atoms with Crippen LogP contribution < -0.4 is 14.8 Å². The molecule has 23 heavy (non-hydrogen) atoms. The van der Waals surface area contributed by atoms with E-state index in [0.717, 1.165) is 0 Å². The van der Waals surface area contributed by atoms with Crippen molar-refractivity contribution in [1.82, 2.24) is 4.90 Å². The van der Waals surface area contributed by atoms with Crippen molar-refractivity contribution in [3.05, 3.63) is 17.2 Å². The van der Waals surface area contributed by atoms with Gasteiger partial charge in [0.2, 0.25) is 5.91 Å². The normalized spacial score (nSPS) is 12.3. The van der Waals surface area contributed by atoms with Gasteiger partial charge in [-0.05, 0) is 40.7 Å². The first-order valence-corrected chi connectivity index (χ1v) is 8.10. The van der Waals surface area contributed by atoms with Crippen molar-refractivity contribution < 1.29 is 14.3 Å². The number of amides is 1. The van der Waals surface area contributed by atoms with Gasteiger partial charge in [0.25, 0.3) is 0 Å². The Morgan fingerprint density at radius 1 is 1.04 bits per heavy atom. The number of nitrogens with zero attached hydrogens (tertiary/aromatic N) is 1. The van der Waals surface area contributed by atoms with Crippen LogP contribution in [-0.4, -0.2) is 43.2 Å². The number of hydrogen-bond acceptors (Lipinski definition) is 4. The molecule has 0 aliphatic carbocycles. The van der Waals surface area contributed by atoms with Crippen molar-refractivity contribution in [2.75, 3.05) is 19.5 Å². The van der Waals surface area contributed by atoms with E-state index in [1.165, 1.54) is 0 Å². The van der Waals surface area contributed by atoms with E-state index in [4.69, 9.17) is 21.1 Å². The van der Waals surface area contributed by atoms with Crippen LogP contribution in [-0.2, 0) is 4.79 Å². The minimum atomic E-state index is -0.404. The molecule has 1 atom stereocenters. The molecule has 0 heterocycles. The first-order chi connectivity index (χ1) is 10.7. The molecule has 0 saturated heterocycles. The summed E-state index contributed by atoms with van der Waals surface area (Å²) in [5.74, 6) is 1.13. The maximum Gasteiger partial charge on any atom is 0.245 e. The quantitative estimate of drug-likeness (QED) is 0.818. The van der Waals surface area contributed by atoms with Gasteiger partial charge in [-0.2, -0.15) is 0 Å². The molecule has 1 aromatic carbocycles. The SMILES string of the molecule is COc1cc(OC)c(NC(C)C(=O)N(C(C)C)C(C)C)cc1Cl.